The lowest BCUT2D eigenvalue weighted by Crippen LogP contribution is -2.59. The van der Waals surface area contributed by atoms with Gasteiger partial charge in [0.05, 0.1) is 6.61 Å². The normalized spacial score (nSPS) is 28.5. The fraction of sp³-hybridized carbons (Fsp3) is 0.714. The van der Waals surface area contributed by atoms with E-state index in [1.165, 1.54) is 24.2 Å². The third-order valence-corrected chi connectivity index (χ3v) is 8.00. The second-order valence-corrected chi connectivity index (χ2v) is 9.23. The average molecular weight is 330 g/mol. The van der Waals surface area contributed by atoms with E-state index in [4.69, 9.17) is 5.11 Å². The number of nitrogens with zero attached hydrogens (tertiary/aromatic N) is 2. The molecule has 2 unspecified atom stereocenters. The van der Waals surface area contributed by atoms with Crippen molar-refractivity contribution in [1.29, 1.82) is 0 Å². The highest BCUT2D eigenvalue weighted by Crippen LogP contribution is 2.31. The number of piperidine rings is 1. The van der Waals surface area contributed by atoms with Crippen LogP contribution in [0.25, 0.3) is 0 Å². The first kappa shape index (κ1) is 15.4. The molecule has 0 saturated carbocycles. The van der Waals surface area contributed by atoms with Crippen LogP contribution in [0.5, 0.6) is 0 Å². The second kappa shape index (κ2) is 5.96. The number of aliphatic hydroxyl groups is 1. The van der Waals surface area contributed by atoms with Gasteiger partial charge in [-0.05, 0) is 38.4 Å². The molecular weight excluding hydrogens is 308 g/mol. The van der Waals surface area contributed by atoms with Crippen LogP contribution in [0.15, 0.2) is 16.3 Å². The molecule has 2 aliphatic heterocycles. The molecule has 1 aromatic heterocycles. The van der Waals surface area contributed by atoms with Gasteiger partial charge in [0.15, 0.2) is 0 Å². The molecule has 3 heterocycles. The van der Waals surface area contributed by atoms with Gasteiger partial charge in [-0.25, -0.2) is 8.42 Å². The number of hydrogen-bond acceptors (Lipinski definition) is 5. The fourth-order valence-corrected chi connectivity index (χ4v) is 6.36. The lowest BCUT2D eigenvalue weighted by atomic mass is 9.99. The van der Waals surface area contributed by atoms with Crippen LogP contribution in [0.1, 0.15) is 31.1 Å². The van der Waals surface area contributed by atoms with Crippen molar-refractivity contribution in [2.75, 3.05) is 19.6 Å². The van der Waals surface area contributed by atoms with E-state index in [9.17, 15) is 8.42 Å². The van der Waals surface area contributed by atoms with E-state index in [1.807, 2.05) is 6.92 Å². The van der Waals surface area contributed by atoms with Crippen LogP contribution in [-0.2, 0) is 16.6 Å². The number of piperazine rings is 1. The third-order valence-electron chi connectivity index (χ3n) is 4.49. The van der Waals surface area contributed by atoms with Crippen molar-refractivity contribution >= 4 is 21.4 Å². The van der Waals surface area contributed by atoms with Gasteiger partial charge >= 0.3 is 0 Å². The summed E-state index contributed by atoms with van der Waals surface area (Å²) >= 11 is 1.17. The van der Waals surface area contributed by atoms with E-state index in [1.54, 1.807) is 16.4 Å². The highest BCUT2D eigenvalue weighted by atomic mass is 32.2. The van der Waals surface area contributed by atoms with Gasteiger partial charge in [-0.1, -0.05) is 6.42 Å². The maximum absolute atomic E-state index is 12.8. The molecule has 1 aromatic rings. The number of aliphatic hydroxyl groups excluding tert-OH is 1. The zero-order valence-corrected chi connectivity index (χ0v) is 13.9. The van der Waals surface area contributed by atoms with Crippen LogP contribution in [0, 0.1) is 0 Å². The van der Waals surface area contributed by atoms with Gasteiger partial charge in [0.2, 0.25) is 0 Å². The van der Waals surface area contributed by atoms with Crippen molar-refractivity contribution in [3.63, 3.8) is 0 Å². The highest BCUT2D eigenvalue weighted by Gasteiger charge is 2.39. The van der Waals surface area contributed by atoms with Crippen molar-refractivity contribution in [3.05, 3.63) is 17.0 Å². The first-order valence-corrected chi connectivity index (χ1v) is 9.73. The Labute approximate surface area is 130 Å². The first-order chi connectivity index (χ1) is 10.0. The number of rotatable bonds is 3. The Kier molecular flexibility index (Phi) is 4.38. The molecule has 7 heteroatoms. The fourth-order valence-electron chi connectivity index (χ4n) is 3.36. The van der Waals surface area contributed by atoms with Crippen LogP contribution < -0.4 is 0 Å². The van der Waals surface area contributed by atoms with Crippen LogP contribution in [0.2, 0.25) is 0 Å². The molecule has 0 bridgehead atoms. The molecule has 2 atom stereocenters. The lowest BCUT2D eigenvalue weighted by molar-refractivity contribution is 0.0565. The molecular formula is C14H22N2O3S2. The maximum atomic E-state index is 12.8. The number of thiophene rings is 1. The zero-order valence-electron chi connectivity index (χ0n) is 12.2. The molecule has 2 aliphatic rings. The summed E-state index contributed by atoms with van der Waals surface area (Å²) in [6.07, 6.45) is 3.50. The summed E-state index contributed by atoms with van der Waals surface area (Å²) in [5, 5.41) is 9.13. The molecule has 0 spiro atoms. The largest absolute Gasteiger partial charge is 0.391 e. The smallest absolute Gasteiger partial charge is 0.252 e. The van der Waals surface area contributed by atoms with Gasteiger partial charge in [0, 0.05) is 30.1 Å². The number of fused-ring (bicyclic) bond motifs is 1. The Morgan fingerprint density at radius 1 is 1.33 bits per heavy atom. The quantitative estimate of drug-likeness (QED) is 0.912. The standard InChI is InChI=1S/C14H22N2O3S2/c1-11-8-15-7-3-2-4-12(15)9-16(11)21(18,19)14-6-5-13(10-17)20-14/h5-6,11-12,17H,2-4,7-10H2,1H3. The molecule has 0 aliphatic carbocycles. The van der Waals surface area contributed by atoms with Gasteiger partial charge in [0.1, 0.15) is 4.21 Å². The minimum absolute atomic E-state index is 0.00373. The molecule has 3 rings (SSSR count). The van der Waals surface area contributed by atoms with E-state index in [2.05, 4.69) is 4.90 Å². The molecule has 0 aromatic carbocycles. The summed E-state index contributed by atoms with van der Waals surface area (Å²) in [5.74, 6) is 0. The maximum Gasteiger partial charge on any atom is 0.252 e. The van der Waals surface area contributed by atoms with Crippen molar-refractivity contribution in [1.82, 2.24) is 9.21 Å². The van der Waals surface area contributed by atoms with Crippen LogP contribution in [-0.4, -0.2) is 54.4 Å². The molecule has 21 heavy (non-hydrogen) atoms. The van der Waals surface area contributed by atoms with Gasteiger partial charge < -0.3 is 5.11 Å². The molecule has 5 nitrogen and oxygen atoms in total. The monoisotopic (exact) mass is 330 g/mol. The van der Waals surface area contributed by atoms with Gasteiger partial charge in [-0.2, -0.15) is 4.31 Å². The average Bonchev–Trinajstić information content (AvgIpc) is 2.96. The minimum Gasteiger partial charge on any atom is -0.391 e. The summed E-state index contributed by atoms with van der Waals surface area (Å²) < 4.78 is 27.7. The Bertz CT molecular complexity index is 599. The van der Waals surface area contributed by atoms with Crippen LogP contribution >= 0.6 is 11.3 Å². The topological polar surface area (TPSA) is 60.9 Å². The van der Waals surface area contributed by atoms with E-state index in [0.717, 1.165) is 19.5 Å². The number of hydrogen-bond donors (Lipinski definition) is 1. The van der Waals surface area contributed by atoms with Gasteiger partial charge in [0.25, 0.3) is 10.0 Å². The van der Waals surface area contributed by atoms with Crippen molar-refractivity contribution < 1.29 is 13.5 Å². The van der Waals surface area contributed by atoms with E-state index in [0.29, 0.717) is 21.7 Å². The molecule has 0 amide bonds. The van der Waals surface area contributed by atoms with Gasteiger partial charge in [-0.3, -0.25) is 4.90 Å². The summed E-state index contributed by atoms with van der Waals surface area (Å²) in [6, 6.07) is 3.68. The molecule has 2 fully saturated rings. The van der Waals surface area contributed by atoms with Crippen LogP contribution in [0.4, 0.5) is 0 Å². The van der Waals surface area contributed by atoms with Crippen LogP contribution in [0.3, 0.4) is 0 Å². The van der Waals surface area contributed by atoms with E-state index < -0.39 is 10.0 Å². The van der Waals surface area contributed by atoms with Crippen molar-refractivity contribution in [3.8, 4) is 0 Å². The summed E-state index contributed by atoms with van der Waals surface area (Å²) in [7, 11) is -3.44. The Morgan fingerprint density at radius 2 is 2.14 bits per heavy atom. The van der Waals surface area contributed by atoms with Gasteiger partial charge in [-0.15, -0.1) is 11.3 Å². The Hall–Kier alpha value is -0.470. The lowest BCUT2D eigenvalue weighted by Gasteiger charge is -2.46. The van der Waals surface area contributed by atoms with E-state index in [-0.39, 0.29) is 12.6 Å². The highest BCUT2D eigenvalue weighted by molar-refractivity contribution is 7.91. The predicted octanol–water partition coefficient (Wildman–Crippen LogP) is 1.49. The molecule has 0 radical (unpaired) electrons. The summed E-state index contributed by atoms with van der Waals surface area (Å²) in [4.78, 5) is 3.13. The number of sulfonamides is 1. The third kappa shape index (κ3) is 2.90. The van der Waals surface area contributed by atoms with Crippen molar-refractivity contribution in [2.45, 2.75) is 49.1 Å². The zero-order chi connectivity index (χ0) is 15.0. The van der Waals surface area contributed by atoms with Crippen molar-refractivity contribution in [2.24, 2.45) is 0 Å². The Balaban J connectivity index is 1.84. The molecule has 118 valence electrons. The first-order valence-electron chi connectivity index (χ1n) is 7.48. The predicted molar refractivity (Wildman–Crippen MR) is 82.8 cm³/mol. The summed E-state index contributed by atoms with van der Waals surface area (Å²) in [6.45, 7) is 4.39. The molecule has 2 saturated heterocycles. The van der Waals surface area contributed by atoms with E-state index >= 15 is 0 Å². The SMILES string of the molecule is CC1CN2CCCCC2CN1S(=O)(=O)c1ccc(CO)s1. The second-order valence-electron chi connectivity index (χ2n) is 5.95. The Morgan fingerprint density at radius 3 is 2.86 bits per heavy atom. The summed E-state index contributed by atoms with van der Waals surface area (Å²) in [5.41, 5.74) is 0. The molecule has 1 N–H and O–H groups in total. The minimum atomic E-state index is -3.44.